The molecule has 0 atom stereocenters. The third kappa shape index (κ3) is 3.28. The summed E-state index contributed by atoms with van der Waals surface area (Å²) in [6, 6.07) is 7.75. The Morgan fingerprint density at radius 2 is 2.17 bits per heavy atom. The van der Waals surface area contributed by atoms with Crippen LogP contribution in [-0.4, -0.2) is 21.2 Å². The number of aryl methyl sites for hydroxylation is 1. The molecule has 1 N–H and O–H groups in total. The lowest BCUT2D eigenvalue weighted by Gasteiger charge is -1.96. The van der Waals surface area contributed by atoms with Crippen molar-refractivity contribution in [1.29, 1.82) is 0 Å². The van der Waals surface area contributed by atoms with Crippen molar-refractivity contribution in [2.45, 2.75) is 19.3 Å². The Morgan fingerprint density at radius 1 is 1.39 bits per heavy atom. The van der Waals surface area contributed by atoms with Crippen molar-refractivity contribution in [2.24, 2.45) is 0 Å². The minimum atomic E-state index is -0.813. The molecule has 0 saturated carbocycles. The molecule has 0 bridgehead atoms. The van der Waals surface area contributed by atoms with Crippen molar-refractivity contribution >= 4 is 28.6 Å². The minimum absolute atomic E-state index is 0.112. The summed E-state index contributed by atoms with van der Waals surface area (Å²) in [6.45, 7) is 0. The van der Waals surface area contributed by atoms with Crippen molar-refractivity contribution in [3.8, 4) is 11.4 Å². The zero-order chi connectivity index (χ0) is 13.0. The van der Waals surface area contributed by atoms with E-state index in [1.165, 1.54) is 0 Å². The number of hydrogen-bond donors (Lipinski definition) is 1. The van der Waals surface area contributed by atoms with Crippen LogP contribution in [0.4, 0.5) is 0 Å². The summed E-state index contributed by atoms with van der Waals surface area (Å²) in [5, 5.41) is 12.5. The number of halogens is 1. The van der Waals surface area contributed by atoms with Crippen molar-refractivity contribution in [3.63, 3.8) is 0 Å². The quantitative estimate of drug-likeness (QED) is 0.832. The Morgan fingerprint density at radius 3 is 2.89 bits per heavy atom. The maximum atomic E-state index is 10.4. The van der Waals surface area contributed by atoms with Crippen LogP contribution < -0.4 is 0 Å². The van der Waals surface area contributed by atoms with Crippen molar-refractivity contribution < 1.29 is 14.4 Å². The van der Waals surface area contributed by atoms with E-state index in [1.54, 1.807) is 0 Å². The number of benzene rings is 1. The van der Waals surface area contributed by atoms with Gasteiger partial charge in [0.1, 0.15) is 0 Å². The highest BCUT2D eigenvalue weighted by molar-refractivity contribution is 14.1. The first kappa shape index (κ1) is 13.0. The van der Waals surface area contributed by atoms with E-state index < -0.39 is 5.97 Å². The van der Waals surface area contributed by atoms with E-state index in [0.717, 1.165) is 9.13 Å². The highest BCUT2D eigenvalue weighted by Crippen LogP contribution is 2.22. The minimum Gasteiger partial charge on any atom is -0.481 e. The summed E-state index contributed by atoms with van der Waals surface area (Å²) >= 11 is 2.21. The van der Waals surface area contributed by atoms with Crippen LogP contribution >= 0.6 is 22.6 Å². The van der Waals surface area contributed by atoms with Gasteiger partial charge in [0, 0.05) is 22.0 Å². The lowest BCUT2D eigenvalue weighted by Crippen LogP contribution is -1.96. The molecule has 18 heavy (non-hydrogen) atoms. The fourth-order valence-corrected chi connectivity index (χ4v) is 2.13. The van der Waals surface area contributed by atoms with Gasteiger partial charge in [-0.25, -0.2) is 0 Å². The lowest BCUT2D eigenvalue weighted by atomic mass is 10.2. The van der Waals surface area contributed by atoms with Crippen LogP contribution in [0, 0.1) is 3.57 Å². The molecule has 0 amide bonds. The molecule has 94 valence electrons. The fourth-order valence-electron chi connectivity index (χ4n) is 1.50. The standard InChI is InChI=1S/C12H11IN2O3/c13-9-5-2-1-4-8(9)12-14-10(18-15-12)6-3-7-11(16)17/h1-2,4-5H,3,6-7H2,(H,16,17). The molecule has 0 aliphatic carbocycles. The van der Waals surface area contributed by atoms with E-state index in [4.69, 9.17) is 9.63 Å². The third-order valence-electron chi connectivity index (χ3n) is 2.36. The van der Waals surface area contributed by atoms with Crippen molar-refractivity contribution in [2.75, 3.05) is 0 Å². The lowest BCUT2D eigenvalue weighted by molar-refractivity contribution is -0.137. The highest BCUT2D eigenvalue weighted by atomic mass is 127. The van der Waals surface area contributed by atoms with Gasteiger partial charge in [-0.05, 0) is 41.1 Å². The maximum absolute atomic E-state index is 10.4. The van der Waals surface area contributed by atoms with E-state index in [9.17, 15) is 4.79 Å². The SMILES string of the molecule is O=C(O)CCCc1nc(-c2ccccc2I)no1. The van der Waals surface area contributed by atoms with Crippen LogP contribution in [0.15, 0.2) is 28.8 Å². The number of nitrogens with zero attached hydrogens (tertiary/aromatic N) is 2. The van der Waals surface area contributed by atoms with E-state index in [0.29, 0.717) is 24.6 Å². The second kappa shape index (κ2) is 5.94. The second-order valence-electron chi connectivity index (χ2n) is 3.74. The zero-order valence-corrected chi connectivity index (χ0v) is 11.6. The normalized spacial score (nSPS) is 10.5. The summed E-state index contributed by atoms with van der Waals surface area (Å²) in [5.41, 5.74) is 0.923. The molecule has 0 spiro atoms. The average Bonchev–Trinajstić information content (AvgIpc) is 2.78. The fraction of sp³-hybridized carbons (Fsp3) is 0.250. The molecular formula is C12H11IN2O3. The maximum Gasteiger partial charge on any atom is 0.303 e. The molecule has 0 saturated heterocycles. The monoisotopic (exact) mass is 358 g/mol. The van der Waals surface area contributed by atoms with Gasteiger partial charge >= 0.3 is 5.97 Å². The first-order chi connectivity index (χ1) is 8.66. The number of rotatable bonds is 5. The highest BCUT2D eigenvalue weighted by Gasteiger charge is 2.11. The third-order valence-corrected chi connectivity index (χ3v) is 3.30. The summed E-state index contributed by atoms with van der Waals surface area (Å²) in [7, 11) is 0. The van der Waals surface area contributed by atoms with E-state index in [-0.39, 0.29) is 6.42 Å². The van der Waals surface area contributed by atoms with Crippen LogP contribution in [0.5, 0.6) is 0 Å². The predicted molar refractivity (Wildman–Crippen MR) is 73.0 cm³/mol. The molecule has 5 nitrogen and oxygen atoms in total. The molecule has 2 aromatic rings. The Balaban J connectivity index is 2.06. The van der Waals surface area contributed by atoms with Crippen LogP contribution in [0.25, 0.3) is 11.4 Å². The number of carboxylic acid groups (broad SMARTS) is 1. The topological polar surface area (TPSA) is 76.2 Å². The van der Waals surface area contributed by atoms with Gasteiger partial charge in [0.05, 0.1) is 0 Å². The number of hydrogen-bond acceptors (Lipinski definition) is 4. The van der Waals surface area contributed by atoms with Gasteiger partial charge in [0.25, 0.3) is 0 Å². The molecule has 1 heterocycles. The first-order valence-electron chi connectivity index (χ1n) is 5.46. The summed E-state index contributed by atoms with van der Waals surface area (Å²) in [4.78, 5) is 14.7. The number of carbonyl (C=O) groups is 1. The first-order valence-corrected chi connectivity index (χ1v) is 6.54. The van der Waals surface area contributed by atoms with E-state index in [1.807, 2.05) is 24.3 Å². The largest absolute Gasteiger partial charge is 0.481 e. The molecular weight excluding hydrogens is 347 g/mol. The molecule has 0 fully saturated rings. The summed E-state index contributed by atoms with van der Waals surface area (Å²) < 4.78 is 6.15. The van der Waals surface area contributed by atoms with Gasteiger partial charge in [-0.1, -0.05) is 17.3 Å². The van der Waals surface area contributed by atoms with Gasteiger partial charge in [0.15, 0.2) is 0 Å². The van der Waals surface area contributed by atoms with E-state index >= 15 is 0 Å². The Hall–Kier alpha value is -1.44. The molecule has 0 aliphatic rings. The summed E-state index contributed by atoms with van der Waals surface area (Å²) in [5.74, 6) is 0.212. The van der Waals surface area contributed by atoms with Crippen LogP contribution in [0.1, 0.15) is 18.7 Å². The Kier molecular flexibility index (Phi) is 4.29. The number of aliphatic carboxylic acids is 1. The van der Waals surface area contributed by atoms with Gasteiger partial charge in [-0.3, -0.25) is 4.79 Å². The van der Waals surface area contributed by atoms with Crippen LogP contribution in [-0.2, 0) is 11.2 Å². The Labute approximate surface area is 117 Å². The van der Waals surface area contributed by atoms with Gasteiger partial charge in [0.2, 0.25) is 11.7 Å². The molecule has 0 unspecified atom stereocenters. The molecule has 1 aromatic heterocycles. The smallest absolute Gasteiger partial charge is 0.303 e. The molecule has 0 aliphatic heterocycles. The number of aromatic nitrogens is 2. The molecule has 0 radical (unpaired) electrons. The molecule has 1 aromatic carbocycles. The second-order valence-corrected chi connectivity index (χ2v) is 4.90. The molecule has 6 heteroatoms. The van der Waals surface area contributed by atoms with Crippen LogP contribution in [0.2, 0.25) is 0 Å². The molecule has 2 rings (SSSR count). The van der Waals surface area contributed by atoms with Gasteiger partial charge in [-0.15, -0.1) is 0 Å². The number of carboxylic acids is 1. The van der Waals surface area contributed by atoms with Gasteiger partial charge in [-0.2, -0.15) is 4.98 Å². The average molecular weight is 358 g/mol. The summed E-state index contributed by atoms with van der Waals surface area (Å²) in [6.07, 6.45) is 1.10. The van der Waals surface area contributed by atoms with Crippen molar-refractivity contribution in [1.82, 2.24) is 10.1 Å². The van der Waals surface area contributed by atoms with E-state index in [2.05, 4.69) is 32.7 Å². The van der Waals surface area contributed by atoms with Crippen LogP contribution in [0.3, 0.4) is 0 Å². The van der Waals surface area contributed by atoms with Gasteiger partial charge < -0.3 is 9.63 Å². The zero-order valence-electron chi connectivity index (χ0n) is 9.47. The van der Waals surface area contributed by atoms with Crippen molar-refractivity contribution in [3.05, 3.63) is 33.7 Å². The predicted octanol–water partition coefficient (Wildman–Crippen LogP) is 2.75. The Bertz CT molecular complexity index is 554.